The number of aryl methyl sites for hydroxylation is 1. The number of hydrogen-bond acceptors (Lipinski definition) is 5. The van der Waals surface area contributed by atoms with Gasteiger partial charge in [-0.25, -0.2) is 9.67 Å². The predicted molar refractivity (Wildman–Crippen MR) is 124 cm³/mol. The standard InChI is InChI=1S/C24H28N4O2S/c1-17-23(31-24(26-17)19-10-6-3-7-11-19)20-12-13-22(30)28(27-20)15-14-25-21(29)16-18-8-4-2-5-9-18/h3,6-7,10-13,18H,2,4-5,8-9,14-16H2,1H3,(H,25,29). The van der Waals surface area contributed by atoms with E-state index in [1.54, 1.807) is 17.4 Å². The Hall–Kier alpha value is -2.80. The smallest absolute Gasteiger partial charge is 0.266 e. The highest BCUT2D eigenvalue weighted by molar-refractivity contribution is 7.18. The van der Waals surface area contributed by atoms with Gasteiger partial charge in [-0.3, -0.25) is 9.59 Å². The molecule has 7 heteroatoms. The van der Waals surface area contributed by atoms with Gasteiger partial charge < -0.3 is 5.32 Å². The van der Waals surface area contributed by atoms with Crippen molar-refractivity contribution in [3.8, 4) is 21.1 Å². The monoisotopic (exact) mass is 436 g/mol. The minimum absolute atomic E-state index is 0.0712. The topological polar surface area (TPSA) is 76.9 Å². The Morgan fingerprint density at radius 3 is 2.68 bits per heavy atom. The Bertz CT molecular complexity index is 1080. The minimum Gasteiger partial charge on any atom is -0.354 e. The van der Waals surface area contributed by atoms with Gasteiger partial charge in [-0.2, -0.15) is 5.10 Å². The van der Waals surface area contributed by atoms with E-state index in [9.17, 15) is 9.59 Å². The highest BCUT2D eigenvalue weighted by Crippen LogP contribution is 2.33. The summed E-state index contributed by atoms with van der Waals surface area (Å²) in [4.78, 5) is 30.2. The Kier molecular flexibility index (Phi) is 6.92. The number of nitrogens with zero attached hydrogens (tertiary/aromatic N) is 3. The van der Waals surface area contributed by atoms with Gasteiger partial charge in [0.1, 0.15) is 10.7 Å². The number of hydrogen-bond donors (Lipinski definition) is 1. The molecule has 0 saturated heterocycles. The molecule has 0 spiro atoms. The second kappa shape index (κ2) is 10.0. The van der Waals surface area contributed by atoms with E-state index >= 15 is 0 Å². The third-order valence-corrected chi connectivity index (χ3v) is 6.99. The molecule has 4 rings (SSSR count). The summed E-state index contributed by atoms with van der Waals surface area (Å²) in [5, 5.41) is 8.43. The van der Waals surface area contributed by atoms with Crippen LogP contribution in [-0.4, -0.2) is 27.2 Å². The summed E-state index contributed by atoms with van der Waals surface area (Å²) >= 11 is 1.57. The van der Waals surface area contributed by atoms with Gasteiger partial charge >= 0.3 is 0 Å². The van der Waals surface area contributed by atoms with E-state index in [-0.39, 0.29) is 11.5 Å². The van der Waals surface area contributed by atoms with Gasteiger partial charge in [0.05, 0.1) is 17.1 Å². The highest BCUT2D eigenvalue weighted by atomic mass is 32.1. The Morgan fingerprint density at radius 1 is 1.13 bits per heavy atom. The summed E-state index contributed by atoms with van der Waals surface area (Å²) in [6, 6.07) is 13.3. The van der Waals surface area contributed by atoms with Crippen LogP contribution in [-0.2, 0) is 11.3 Å². The molecular formula is C24H28N4O2S. The molecule has 2 heterocycles. The van der Waals surface area contributed by atoms with Gasteiger partial charge in [-0.1, -0.05) is 49.6 Å². The van der Waals surface area contributed by atoms with Crippen LogP contribution in [0.2, 0.25) is 0 Å². The summed E-state index contributed by atoms with van der Waals surface area (Å²) in [6.45, 7) is 2.71. The first kappa shape index (κ1) is 21.4. The van der Waals surface area contributed by atoms with Crippen molar-refractivity contribution in [3.05, 3.63) is 58.5 Å². The van der Waals surface area contributed by atoms with E-state index in [1.807, 2.05) is 37.3 Å². The average Bonchev–Trinajstić information content (AvgIpc) is 3.18. The lowest BCUT2D eigenvalue weighted by atomic mass is 9.87. The van der Waals surface area contributed by atoms with E-state index in [4.69, 9.17) is 0 Å². The molecule has 1 fully saturated rings. The van der Waals surface area contributed by atoms with Crippen molar-refractivity contribution < 1.29 is 4.79 Å². The molecule has 1 aliphatic carbocycles. The lowest BCUT2D eigenvalue weighted by Crippen LogP contribution is -2.33. The maximum atomic E-state index is 12.3. The summed E-state index contributed by atoms with van der Waals surface area (Å²) < 4.78 is 1.43. The second-order valence-corrected chi connectivity index (χ2v) is 9.14. The van der Waals surface area contributed by atoms with Crippen molar-refractivity contribution in [3.63, 3.8) is 0 Å². The molecule has 0 radical (unpaired) electrons. The molecule has 1 amide bonds. The van der Waals surface area contributed by atoms with Crippen LogP contribution in [0.4, 0.5) is 0 Å². The molecule has 0 unspecified atom stereocenters. The fraction of sp³-hybridized carbons (Fsp3) is 0.417. The Labute approximate surface area is 186 Å². The quantitative estimate of drug-likeness (QED) is 0.594. The van der Waals surface area contributed by atoms with E-state index in [0.717, 1.165) is 39.7 Å². The van der Waals surface area contributed by atoms with Gasteiger partial charge in [0.15, 0.2) is 0 Å². The van der Waals surface area contributed by atoms with E-state index < -0.39 is 0 Å². The van der Waals surface area contributed by atoms with Crippen LogP contribution in [0.1, 0.15) is 44.2 Å². The number of carbonyl (C=O) groups excluding carboxylic acids is 1. The maximum absolute atomic E-state index is 12.3. The average molecular weight is 437 g/mol. The van der Waals surface area contributed by atoms with Crippen molar-refractivity contribution in [1.82, 2.24) is 20.1 Å². The number of benzene rings is 1. The van der Waals surface area contributed by atoms with Crippen LogP contribution in [0.5, 0.6) is 0 Å². The Morgan fingerprint density at radius 2 is 1.90 bits per heavy atom. The third kappa shape index (κ3) is 5.47. The predicted octanol–water partition coefficient (Wildman–Crippen LogP) is 4.43. The van der Waals surface area contributed by atoms with E-state index in [1.165, 1.54) is 30.0 Å². The molecule has 0 bridgehead atoms. The summed E-state index contributed by atoms with van der Waals surface area (Å²) in [5.74, 6) is 0.577. The molecule has 1 N–H and O–H groups in total. The number of amides is 1. The number of carbonyl (C=O) groups is 1. The highest BCUT2D eigenvalue weighted by Gasteiger charge is 2.17. The summed E-state index contributed by atoms with van der Waals surface area (Å²) in [6.07, 6.45) is 6.63. The summed E-state index contributed by atoms with van der Waals surface area (Å²) in [5.41, 5.74) is 2.51. The molecule has 31 heavy (non-hydrogen) atoms. The number of nitrogens with one attached hydrogen (secondary N) is 1. The van der Waals surface area contributed by atoms with Crippen LogP contribution in [0.3, 0.4) is 0 Å². The van der Waals surface area contributed by atoms with E-state index in [0.29, 0.717) is 25.4 Å². The van der Waals surface area contributed by atoms with Crippen molar-refractivity contribution in [2.75, 3.05) is 6.54 Å². The molecular weight excluding hydrogens is 408 g/mol. The molecule has 6 nitrogen and oxygen atoms in total. The molecule has 3 aromatic rings. The van der Waals surface area contributed by atoms with Gasteiger partial charge in [0.25, 0.3) is 5.56 Å². The first-order chi connectivity index (χ1) is 15.1. The SMILES string of the molecule is Cc1nc(-c2ccccc2)sc1-c1ccc(=O)n(CCNC(=O)CC2CCCCC2)n1. The van der Waals surface area contributed by atoms with Crippen LogP contribution >= 0.6 is 11.3 Å². The molecule has 1 saturated carbocycles. The fourth-order valence-corrected chi connectivity index (χ4v) is 5.13. The largest absolute Gasteiger partial charge is 0.354 e. The lowest BCUT2D eigenvalue weighted by molar-refractivity contribution is -0.122. The number of rotatable bonds is 7. The normalized spacial score (nSPS) is 14.5. The Balaban J connectivity index is 1.41. The van der Waals surface area contributed by atoms with Crippen LogP contribution in [0.25, 0.3) is 21.1 Å². The van der Waals surface area contributed by atoms with Crippen LogP contribution < -0.4 is 10.9 Å². The maximum Gasteiger partial charge on any atom is 0.266 e. The van der Waals surface area contributed by atoms with Gasteiger partial charge in [-0.05, 0) is 31.7 Å². The van der Waals surface area contributed by atoms with Crippen molar-refractivity contribution >= 4 is 17.2 Å². The zero-order valence-electron chi connectivity index (χ0n) is 17.8. The molecule has 1 aliphatic rings. The molecule has 0 aliphatic heterocycles. The van der Waals surface area contributed by atoms with Crippen LogP contribution in [0, 0.1) is 12.8 Å². The molecule has 1 aromatic carbocycles. The number of thiazole rings is 1. The fourth-order valence-electron chi connectivity index (χ4n) is 4.10. The zero-order chi connectivity index (χ0) is 21.6. The van der Waals surface area contributed by atoms with Gasteiger partial charge in [0, 0.05) is 24.6 Å². The molecule has 2 aromatic heterocycles. The number of aromatic nitrogens is 3. The van der Waals surface area contributed by atoms with Crippen molar-refractivity contribution in [2.45, 2.75) is 52.0 Å². The zero-order valence-corrected chi connectivity index (χ0v) is 18.7. The van der Waals surface area contributed by atoms with Crippen molar-refractivity contribution in [2.24, 2.45) is 5.92 Å². The van der Waals surface area contributed by atoms with Gasteiger partial charge in [-0.15, -0.1) is 11.3 Å². The van der Waals surface area contributed by atoms with E-state index in [2.05, 4.69) is 15.4 Å². The first-order valence-corrected chi connectivity index (χ1v) is 11.8. The molecule has 162 valence electrons. The minimum atomic E-state index is -0.171. The van der Waals surface area contributed by atoms with Gasteiger partial charge in [0.2, 0.25) is 5.91 Å². The van der Waals surface area contributed by atoms with Crippen LogP contribution in [0.15, 0.2) is 47.3 Å². The molecule has 0 atom stereocenters. The summed E-state index contributed by atoms with van der Waals surface area (Å²) in [7, 11) is 0. The third-order valence-electron chi connectivity index (χ3n) is 5.76. The first-order valence-electron chi connectivity index (χ1n) is 11.0. The lowest BCUT2D eigenvalue weighted by Gasteiger charge is -2.20. The second-order valence-electron chi connectivity index (χ2n) is 8.14. The van der Waals surface area contributed by atoms with Crippen molar-refractivity contribution in [1.29, 1.82) is 0 Å².